The number of hydrogen-bond donors (Lipinski definition) is 5. The van der Waals surface area contributed by atoms with E-state index < -0.39 is 20.0 Å². The Balaban J connectivity index is 4.58. The van der Waals surface area contributed by atoms with Crippen molar-refractivity contribution in [1.29, 1.82) is 0 Å². The summed E-state index contributed by atoms with van der Waals surface area (Å²) in [5, 5.41) is 6.94. The normalized spacial score (nSPS) is 13.1. The number of nitrogens with two attached hydrogens (primary N) is 1. The first kappa shape index (κ1) is 46.6. The van der Waals surface area contributed by atoms with E-state index in [4.69, 9.17) is 5.73 Å². The van der Waals surface area contributed by atoms with Crippen molar-refractivity contribution in [2.45, 2.75) is 112 Å². The third-order valence-corrected chi connectivity index (χ3v) is 11.2. The van der Waals surface area contributed by atoms with Crippen LogP contribution in [0.4, 0.5) is 0 Å². The van der Waals surface area contributed by atoms with Crippen LogP contribution in [-0.2, 0) is 20.0 Å². The lowest BCUT2D eigenvalue weighted by molar-refractivity contribution is 0.200. The molecule has 0 amide bonds. The summed E-state index contributed by atoms with van der Waals surface area (Å²) in [6, 6.07) is 0. The van der Waals surface area contributed by atoms with Crippen LogP contribution in [0, 0.1) is 11.3 Å². The average molecular weight is 712 g/mol. The first-order chi connectivity index (χ1) is 22.2. The molecule has 0 aromatic carbocycles. The zero-order valence-corrected chi connectivity index (χ0v) is 33.0. The molecule has 0 unspecified atom stereocenters. The van der Waals surface area contributed by atoms with Gasteiger partial charge in [-0.25, -0.2) is 26.3 Å². The number of unbranched alkanes of at least 4 members (excludes halogenated alkanes) is 3. The smallest absolute Gasteiger partial charge is 0.212 e. The van der Waals surface area contributed by atoms with Gasteiger partial charge < -0.3 is 26.2 Å². The molecule has 0 aromatic heterocycles. The van der Waals surface area contributed by atoms with E-state index in [0.717, 1.165) is 104 Å². The zero-order chi connectivity index (χ0) is 35.4. The third-order valence-electron chi connectivity index (χ3n) is 8.38. The molecule has 6 N–H and O–H groups in total. The maximum atomic E-state index is 12.7. The highest BCUT2D eigenvalue weighted by Gasteiger charge is 2.21. The van der Waals surface area contributed by atoms with Crippen molar-refractivity contribution < 1.29 is 16.8 Å². The van der Waals surface area contributed by atoms with Crippen LogP contribution in [0.3, 0.4) is 0 Å². The van der Waals surface area contributed by atoms with Crippen molar-refractivity contribution in [3.05, 3.63) is 0 Å². The van der Waals surface area contributed by atoms with Crippen LogP contribution in [0.25, 0.3) is 0 Å². The lowest BCUT2D eigenvalue weighted by Crippen LogP contribution is -2.38. The van der Waals surface area contributed by atoms with Crippen molar-refractivity contribution in [3.8, 4) is 0 Å². The van der Waals surface area contributed by atoms with Gasteiger partial charge in [-0.15, -0.1) is 0 Å². The van der Waals surface area contributed by atoms with Crippen LogP contribution in [0.15, 0.2) is 0 Å². The van der Waals surface area contributed by atoms with Crippen LogP contribution in [0.1, 0.15) is 112 Å². The highest BCUT2D eigenvalue weighted by molar-refractivity contribution is 7.89. The minimum Gasteiger partial charge on any atom is -0.330 e. The Morgan fingerprint density at radius 1 is 0.660 bits per heavy atom. The summed E-state index contributed by atoms with van der Waals surface area (Å²) in [5.41, 5.74) is 5.70. The van der Waals surface area contributed by atoms with Gasteiger partial charge >= 0.3 is 0 Å². The molecular weight excluding hydrogens is 635 g/mol. The second-order valence-electron chi connectivity index (χ2n) is 14.6. The van der Waals surface area contributed by atoms with Crippen LogP contribution < -0.4 is 25.8 Å². The zero-order valence-electron chi connectivity index (χ0n) is 31.4. The third kappa shape index (κ3) is 31.3. The molecule has 0 rings (SSSR count). The number of nitrogens with one attached hydrogen (secondary N) is 4. The number of hydrogen-bond acceptors (Lipinski definition) is 9. The average Bonchev–Trinajstić information content (AvgIpc) is 2.98. The molecule has 13 heteroatoms. The van der Waals surface area contributed by atoms with Crippen LogP contribution in [0.5, 0.6) is 0 Å². The molecule has 0 saturated carbocycles. The molecule has 47 heavy (non-hydrogen) atoms. The molecule has 0 bridgehead atoms. The monoisotopic (exact) mass is 712 g/mol. The van der Waals surface area contributed by atoms with Gasteiger partial charge in [-0.2, -0.15) is 0 Å². The summed E-state index contributed by atoms with van der Waals surface area (Å²) in [6.45, 7) is 20.3. The minimum absolute atomic E-state index is 0.102. The standard InChI is InChI=1S/C34H77N7O4S2/c1-7-8-9-18-34(4,5)32-40(6)29-31-47(44,45)39-25-16-28-41(26-14-23-37-21-11-10-20-36-22-13-19-35)27-15-24-38-46(42,43)30-12-17-33(2)3/h33,36-39H,7-32,35H2,1-6H3. The first-order valence-electron chi connectivity index (χ1n) is 18.7. The van der Waals surface area contributed by atoms with Gasteiger partial charge in [0.15, 0.2) is 0 Å². The fourth-order valence-corrected chi connectivity index (χ4v) is 7.94. The lowest BCUT2D eigenvalue weighted by Gasteiger charge is -2.30. The maximum Gasteiger partial charge on any atom is 0.212 e. The second-order valence-corrected chi connectivity index (χ2v) is 18.4. The van der Waals surface area contributed by atoms with E-state index >= 15 is 0 Å². The molecule has 0 saturated heterocycles. The summed E-state index contributed by atoms with van der Waals surface area (Å²) in [4.78, 5) is 4.47. The fraction of sp³-hybridized carbons (Fsp3) is 1.00. The van der Waals surface area contributed by atoms with Gasteiger partial charge in [0, 0.05) is 26.2 Å². The molecule has 0 fully saturated rings. The Bertz CT molecular complexity index is 935. The van der Waals surface area contributed by atoms with E-state index in [2.05, 4.69) is 64.5 Å². The molecule has 0 atom stereocenters. The van der Waals surface area contributed by atoms with Crippen molar-refractivity contribution in [1.82, 2.24) is 29.9 Å². The summed E-state index contributed by atoms with van der Waals surface area (Å²) in [5.74, 6) is 0.780. The predicted molar refractivity (Wildman–Crippen MR) is 202 cm³/mol. The molecule has 0 aliphatic carbocycles. The largest absolute Gasteiger partial charge is 0.330 e. The number of rotatable bonds is 35. The second kappa shape index (κ2) is 28.3. The minimum atomic E-state index is -3.35. The first-order valence-corrected chi connectivity index (χ1v) is 22.0. The lowest BCUT2D eigenvalue weighted by atomic mass is 9.86. The molecule has 0 radical (unpaired) electrons. The predicted octanol–water partition coefficient (Wildman–Crippen LogP) is 3.58. The Hall–Kier alpha value is -0.380. The maximum absolute atomic E-state index is 12.7. The van der Waals surface area contributed by atoms with Crippen LogP contribution in [-0.4, -0.2) is 124 Å². The molecule has 0 heterocycles. The van der Waals surface area contributed by atoms with Gasteiger partial charge in [0.25, 0.3) is 0 Å². The molecule has 0 aromatic rings. The van der Waals surface area contributed by atoms with Gasteiger partial charge in [-0.05, 0) is 129 Å². The molecule has 0 aliphatic rings. The van der Waals surface area contributed by atoms with Gasteiger partial charge in [0.2, 0.25) is 20.0 Å². The van der Waals surface area contributed by atoms with Gasteiger partial charge in [-0.1, -0.05) is 53.9 Å². The van der Waals surface area contributed by atoms with Crippen LogP contribution in [0.2, 0.25) is 0 Å². The highest BCUT2D eigenvalue weighted by atomic mass is 32.2. The summed E-state index contributed by atoms with van der Waals surface area (Å²) < 4.78 is 55.7. The molecular formula is C34H77N7O4S2. The Morgan fingerprint density at radius 2 is 1.17 bits per heavy atom. The van der Waals surface area contributed by atoms with E-state index in [9.17, 15) is 16.8 Å². The highest BCUT2D eigenvalue weighted by Crippen LogP contribution is 2.24. The summed E-state index contributed by atoms with van der Waals surface area (Å²) in [7, 11) is -4.58. The fourth-order valence-electron chi connectivity index (χ4n) is 5.65. The van der Waals surface area contributed by atoms with E-state index in [-0.39, 0.29) is 16.9 Å². The van der Waals surface area contributed by atoms with E-state index in [1.165, 1.54) is 19.3 Å². The molecule has 11 nitrogen and oxygen atoms in total. The van der Waals surface area contributed by atoms with E-state index in [1.807, 2.05) is 7.05 Å². The Labute approximate surface area is 291 Å². The van der Waals surface area contributed by atoms with Crippen molar-refractivity contribution in [2.75, 3.05) is 97.1 Å². The summed E-state index contributed by atoms with van der Waals surface area (Å²) >= 11 is 0. The number of nitrogens with zero attached hydrogens (tertiary/aromatic N) is 2. The van der Waals surface area contributed by atoms with Crippen LogP contribution >= 0.6 is 0 Å². The van der Waals surface area contributed by atoms with Gasteiger partial charge in [0.05, 0.1) is 11.5 Å². The Kier molecular flexibility index (Phi) is 28.1. The van der Waals surface area contributed by atoms with Crippen molar-refractivity contribution in [2.24, 2.45) is 17.1 Å². The quantitative estimate of drug-likeness (QED) is 0.0623. The number of sulfonamides is 2. The van der Waals surface area contributed by atoms with Crippen molar-refractivity contribution in [3.63, 3.8) is 0 Å². The van der Waals surface area contributed by atoms with E-state index in [0.29, 0.717) is 38.4 Å². The van der Waals surface area contributed by atoms with E-state index in [1.54, 1.807) is 0 Å². The van der Waals surface area contributed by atoms with Gasteiger partial charge in [0.1, 0.15) is 0 Å². The van der Waals surface area contributed by atoms with Gasteiger partial charge in [-0.3, -0.25) is 0 Å². The molecule has 0 aliphatic heterocycles. The summed E-state index contributed by atoms with van der Waals surface area (Å²) in [6.07, 6.45) is 12.1. The topological polar surface area (TPSA) is 149 Å². The van der Waals surface area contributed by atoms with Crippen molar-refractivity contribution >= 4 is 20.0 Å². The SMILES string of the molecule is CCCCCC(C)(C)CN(C)CCS(=O)(=O)NCCCN(CCCNCCCCNCCCN)CCCNS(=O)(=O)CCCC(C)C. The molecule has 284 valence electrons. The Morgan fingerprint density at radius 3 is 1.70 bits per heavy atom. The molecule has 0 spiro atoms.